The Kier molecular flexibility index (Phi) is 9.23. The second-order valence-corrected chi connectivity index (χ2v) is 11.4. The molecule has 1 aromatic heterocycles. The van der Waals surface area contributed by atoms with Gasteiger partial charge in [0.05, 0.1) is 22.8 Å². The maximum Gasteiger partial charge on any atom is 0.416 e. The largest absolute Gasteiger partial charge is 0.416 e. The van der Waals surface area contributed by atoms with E-state index in [1.165, 1.54) is 23.5 Å². The quantitative estimate of drug-likeness (QED) is 0.233. The molecule has 1 aromatic carbocycles. The van der Waals surface area contributed by atoms with Crippen molar-refractivity contribution < 1.29 is 33.0 Å². The number of carbonyl (C=O) groups is 1. The number of Topliss-reactive ketones (excluding diaryl/α,β-unsaturated/α-hetero) is 1. The fraction of sp³-hybridized carbons (Fsp3) is 0.593. The Balaban J connectivity index is 1.23. The van der Waals surface area contributed by atoms with E-state index in [0.29, 0.717) is 31.9 Å². The minimum Gasteiger partial charge on any atom is -0.411 e. The van der Waals surface area contributed by atoms with Gasteiger partial charge in [0, 0.05) is 45.2 Å². The Labute approximate surface area is 224 Å². The van der Waals surface area contributed by atoms with Gasteiger partial charge < -0.3 is 20.0 Å². The second kappa shape index (κ2) is 12.2. The van der Waals surface area contributed by atoms with Crippen molar-refractivity contribution in [2.45, 2.75) is 75.8 Å². The van der Waals surface area contributed by atoms with Crippen molar-refractivity contribution in [2.75, 3.05) is 20.2 Å². The smallest absolute Gasteiger partial charge is 0.411 e. The first-order chi connectivity index (χ1) is 18.1. The predicted molar refractivity (Wildman–Crippen MR) is 137 cm³/mol. The van der Waals surface area contributed by atoms with E-state index in [0.717, 1.165) is 54.4 Å². The van der Waals surface area contributed by atoms with Crippen molar-refractivity contribution >= 4 is 22.8 Å². The molecular weight excluding hydrogens is 519 g/mol. The van der Waals surface area contributed by atoms with E-state index < -0.39 is 17.3 Å². The molecule has 11 heteroatoms. The summed E-state index contributed by atoms with van der Waals surface area (Å²) in [6.45, 7) is 2.17. The number of benzene rings is 1. The number of likely N-dealkylation sites (tertiary alicyclic amines) is 1. The number of thiazole rings is 1. The molecule has 2 N–H and O–H groups in total. The Morgan fingerprint density at radius 1 is 1.26 bits per heavy atom. The van der Waals surface area contributed by atoms with Crippen molar-refractivity contribution in [1.82, 2.24) is 9.88 Å². The normalized spacial score (nSPS) is 25.1. The highest BCUT2D eigenvalue weighted by Gasteiger charge is 2.39. The van der Waals surface area contributed by atoms with E-state index in [-0.39, 0.29) is 35.8 Å². The minimum atomic E-state index is -4.49. The number of rotatable bonds is 10. The molecule has 2 aromatic rings. The van der Waals surface area contributed by atoms with Crippen LogP contribution in [-0.4, -0.2) is 57.9 Å². The molecule has 0 radical (unpaired) electrons. The van der Waals surface area contributed by atoms with Crippen LogP contribution < -0.4 is 0 Å². The molecule has 1 aliphatic heterocycles. The molecular formula is C27H34F3N3O4S. The maximum absolute atomic E-state index is 13.0. The average Bonchev–Trinajstić information content (AvgIpc) is 3.55. The van der Waals surface area contributed by atoms with Crippen molar-refractivity contribution in [3.05, 3.63) is 51.5 Å². The Morgan fingerprint density at radius 2 is 2.03 bits per heavy atom. The first kappa shape index (κ1) is 28.7. The number of ether oxygens (including phenoxy) is 1. The lowest BCUT2D eigenvalue weighted by Crippen LogP contribution is -2.41. The average molecular weight is 554 g/mol. The Hall–Kier alpha value is -2.34. The van der Waals surface area contributed by atoms with Crippen LogP contribution in [0.3, 0.4) is 0 Å². The second-order valence-electron chi connectivity index (χ2n) is 10.3. The molecule has 208 valence electrons. The lowest BCUT2D eigenvalue weighted by Gasteiger charge is -2.39. The van der Waals surface area contributed by atoms with Crippen molar-refractivity contribution in [2.24, 2.45) is 11.1 Å². The molecule has 1 saturated carbocycles. The zero-order chi connectivity index (χ0) is 27.3. The number of aromatic nitrogens is 1. The lowest BCUT2D eigenvalue weighted by molar-refractivity contribution is -0.137. The summed E-state index contributed by atoms with van der Waals surface area (Å²) in [6.07, 6.45) is 1.87. The van der Waals surface area contributed by atoms with Crippen molar-refractivity contribution in [3.63, 3.8) is 0 Å². The Bertz CT molecular complexity index is 1130. The van der Waals surface area contributed by atoms with Gasteiger partial charge in [-0.1, -0.05) is 17.3 Å². The van der Waals surface area contributed by atoms with E-state index in [9.17, 15) is 28.3 Å². The summed E-state index contributed by atoms with van der Waals surface area (Å²) in [5.74, 6) is 0.240. The first-order valence-corrected chi connectivity index (χ1v) is 13.7. The van der Waals surface area contributed by atoms with Crippen LogP contribution in [0.4, 0.5) is 13.2 Å². The Morgan fingerprint density at radius 3 is 2.71 bits per heavy atom. The van der Waals surface area contributed by atoms with E-state index in [2.05, 4.69) is 15.0 Å². The summed E-state index contributed by atoms with van der Waals surface area (Å²) in [7, 11) is 1.62. The highest BCUT2D eigenvalue weighted by molar-refractivity contribution is 7.11. The van der Waals surface area contributed by atoms with Gasteiger partial charge >= 0.3 is 6.18 Å². The van der Waals surface area contributed by atoms with E-state index >= 15 is 0 Å². The summed E-state index contributed by atoms with van der Waals surface area (Å²) < 4.78 is 44.2. The molecule has 0 bridgehead atoms. The van der Waals surface area contributed by atoms with Gasteiger partial charge in [0.25, 0.3) is 0 Å². The highest BCUT2D eigenvalue weighted by atomic mass is 32.1. The molecule has 0 amide bonds. The number of alkyl halides is 3. The number of hydrogen-bond donors (Lipinski definition) is 2. The van der Waals surface area contributed by atoms with E-state index in [1.807, 2.05) is 0 Å². The highest BCUT2D eigenvalue weighted by Crippen LogP contribution is 2.42. The first-order valence-electron chi connectivity index (χ1n) is 12.9. The number of methoxy groups -OCH3 is 1. The number of ketones is 1. The van der Waals surface area contributed by atoms with Gasteiger partial charge in [-0.15, -0.1) is 11.3 Å². The molecule has 0 spiro atoms. The standard InChI is InChI=1S/C27H34F3N3O4S/c1-37-17-25-31-15-24(38-25)26(35)10-7-21(8-11-26)33-12-9-18(16-33)13-22(34)5-6-23(32-36)19-3-2-4-20(14-19)27(28,29)30/h2-4,14-15,18,21,35-36H,5-13,16-17H2,1H3/t18-,21?,26?/m0/s1. The van der Waals surface area contributed by atoms with Crippen LogP contribution >= 0.6 is 11.3 Å². The van der Waals surface area contributed by atoms with Crippen LogP contribution in [0.25, 0.3) is 0 Å². The van der Waals surface area contributed by atoms with Gasteiger partial charge in [-0.25, -0.2) is 4.98 Å². The number of hydrogen-bond acceptors (Lipinski definition) is 8. The van der Waals surface area contributed by atoms with Gasteiger partial charge in [0.1, 0.15) is 16.4 Å². The number of carbonyl (C=O) groups excluding carboxylic acids is 1. The molecule has 2 aliphatic rings. The number of halogens is 3. The van der Waals surface area contributed by atoms with Crippen LogP contribution in [0, 0.1) is 5.92 Å². The van der Waals surface area contributed by atoms with Crippen molar-refractivity contribution in [1.29, 1.82) is 0 Å². The third-order valence-electron chi connectivity index (χ3n) is 7.70. The summed E-state index contributed by atoms with van der Waals surface area (Å²) in [5.41, 5.74) is -1.44. The topological polar surface area (TPSA) is 95.3 Å². The molecule has 1 atom stereocenters. The molecule has 38 heavy (non-hydrogen) atoms. The predicted octanol–water partition coefficient (Wildman–Crippen LogP) is 5.38. The van der Waals surface area contributed by atoms with Gasteiger partial charge in [-0.05, 0) is 62.3 Å². The van der Waals surface area contributed by atoms with Crippen LogP contribution in [0.5, 0.6) is 0 Å². The zero-order valence-corrected chi connectivity index (χ0v) is 22.2. The number of nitrogens with zero attached hydrogens (tertiary/aromatic N) is 3. The SMILES string of the molecule is COCc1ncc(C2(O)CCC(N3CC[C@@H](CC(=O)CCC(=NO)c4cccc(C(F)(F)F)c4)C3)CC2)s1. The monoisotopic (exact) mass is 553 g/mol. The summed E-state index contributed by atoms with van der Waals surface area (Å²) >= 11 is 1.50. The molecule has 1 saturated heterocycles. The molecule has 0 unspecified atom stereocenters. The third-order valence-corrected chi connectivity index (χ3v) is 8.86. The van der Waals surface area contributed by atoms with Crippen molar-refractivity contribution in [3.8, 4) is 0 Å². The minimum absolute atomic E-state index is 0.0139. The van der Waals surface area contributed by atoms with Crippen LogP contribution in [0.2, 0.25) is 0 Å². The maximum atomic E-state index is 13.0. The summed E-state index contributed by atoms with van der Waals surface area (Å²) in [5, 5.41) is 24.6. The fourth-order valence-corrected chi connectivity index (χ4v) is 6.61. The zero-order valence-electron chi connectivity index (χ0n) is 21.4. The molecule has 1 aliphatic carbocycles. The van der Waals surface area contributed by atoms with Crippen LogP contribution in [0.1, 0.15) is 72.4 Å². The number of oxime groups is 1. The molecule has 4 rings (SSSR count). The molecule has 2 heterocycles. The lowest BCUT2D eigenvalue weighted by atomic mass is 9.81. The molecule has 7 nitrogen and oxygen atoms in total. The number of aliphatic hydroxyl groups is 1. The van der Waals surface area contributed by atoms with E-state index in [1.54, 1.807) is 13.3 Å². The fourth-order valence-electron chi connectivity index (χ4n) is 5.58. The van der Waals surface area contributed by atoms with Gasteiger partial charge in [0.2, 0.25) is 0 Å². The van der Waals surface area contributed by atoms with Gasteiger partial charge in [-0.2, -0.15) is 13.2 Å². The van der Waals surface area contributed by atoms with E-state index in [4.69, 9.17) is 4.74 Å². The van der Waals surface area contributed by atoms with Crippen LogP contribution in [0.15, 0.2) is 35.6 Å². The third kappa shape index (κ3) is 6.99. The van der Waals surface area contributed by atoms with Gasteiger partial charge in [-0.3, -0.25) is 4.79 Å². The van der Waals surface area contributed by atoms with Gasteiger partial charge in [0.15, 0.2) is 0 Å². The van der Waals surface area contributed by atoms with Crippen LogP contribution in [-0.2, 0) is 27.9 Å². The summed E-state index contributed by atoms with van der Waals surface area (Å²) in [4.78, 5) is 20.3. The molecule has 2 fully saturated rings. The summed E-state index contributed by atoms with van der Waals surface area (Å²) in [6, 6.07) is 4.98.